The van der Waals surface area contributed by atoms with Gasteiger partial charge in [0.1, 0.15) is 11.6 Å². The zero-order valence-electron chi connectivity index (χ0n) is 21.2. The quantitative estimate of drug-likeness (QED) is 0.396. The summed E-state index contributed by atoms with van der Waals surface area (Å²) in [6, 6.07) is 4.65. The SMILES string of the molecule is CCCCCc1nc(C)c2c(=O)[nH]c(-c3cc(S(=O)(=O)N4CCC(CO)CC4)ccc3OCC)nn12. The number of sulfonamides is 1. The van der Waals surface area contributed by atoms with E-state index in [4.69, 9.17) is 4.74 Å². The van der Waals surface area contributed by atoms with Crippen molar-refractivity contribution in [1.82, 2.24) is 23.9 Å². The summed E-state index contributed by atoms with van der Waals surface area (Å²) < 4.78 is 35.7. The molecule has 1 aromatic carbocycles. The Morgan fingerprint density at radius 1 is 1.19 bits per heavy atom. The molecule has 36 heavy (non-hydrogen) atoms. The summed E-state index contributed by atoms with van der Waals surface area (Å²) in [6.45, 7) is 6.89. The largest absolute Gasteiger partial charge is 0.493 e. The van der Waals surface area contributed by atoms with Crippen molar-refractivity contribution in [2.24, 2.45) is 5.92 Å². The molecule has 0 radical (unpaired) electrons. The highest BCUT2D eigenvalue weighted by Gasteiger charge is 2.30. The predicted octanol–water partition coefficient (Wildman–Crippen LogP) is 2.92. The maximum Gasteiger partial charge on any atom is 0.277 e. The number of aromatic amines is 1. The number of ether oxygens (including phenoxy) is 1. The summed E-state index contributed by atoms with van der Waals surface area (Å²) >= 11 is 0. The monoisotopic (exact) mass is 517 g/mol. The van der Waals surface area contributed by atoms with E-state index in [-0.39, 0.29) is 28.8 Å². The normalized spacial score (nSPS) is 15.6. The van der Waals surface area contributed by atoms with E-state index in [0.29, 0.717) is 67.3 Å². The number of aromatic nitrogens is 4. The number of aryl methyl sites for hydroxylation is 2. The fourth-order valence-corrected chi connectivity index (χ4v) is 6.17. The molecule has 1 aliphatic heterocycles. The number of hydrogen-bond acceptors (Lipinski definition) is 7. The third-order valence-electron chi connectivity index (χ3n) is 6.72. The Hall–Kier alpha value is -2.76. The summed E-state index contributed by atoms with van der Waals surface area (Å²) in [7, 11) is -3.77. The van der Waals surface area contributed by atoms with Crippen LogP contribution in [0.2, 0.25) is 0 Å². The number of nitrogens with one attached hydrogen (secondary N) is 1. The number of aliphatic hydroxyl groups excluding tert-OH is 1. The molecule has 1 aliphatic rings. The molecule has 2 aromatic heterocycles. The third-order valence-corrected chi connectivity index (χ3v) is 8.62. The number of nitrogens with zero attached hydrogens (tertiary/aromatic N) is 4. The number of piperidine rings is 1. The van der Waals surface area contributed by atoms with Crippen molar-refractivity contribution < 1.29 is 18.3 Å². The molecule has 0 spiro atoms. The summed E-state index contributed by atoms with van der Waals surface area (Å²) in [5, 5.41) is 14.1. The van der Waals surface area contributed by atoms with Gasteiger partial charge in [0.25, 0.3) is 5.56 Å². The number of unbranched alkanes of at least 4 members (excludes halogenated alkanes) is 2. The minimum atomic E-state index is -3.77. The van der Waals surface area contributed by atoms with E-state index >= 15 is 0 Å². The molecule has 0 atom stereocenters. The lowest BCUT2D eigenvalue weighted by atomic mass is 10.00. The van der Waals surface area contributed by atoms with Crippen molar-refractivity contribution in [2.75, 3.05) is 26.3 Å². The molecule has 11 heteroatoms. The van der Waals surface area contributed by atoms with Crippen LogP contribution in [0.1, 0.15) is 57.5 Å². The highest BCUT2D eigenvalue weighted by atomic mass is 32.2. The van der Waals surface area contributed by atoms with Gasteiger partial charge in [-0.15, -0.1) is 5.10 Å². The third kappa shape index (κ3) is 5.18. The van der Waals surface area contributed by atoms with Crippen molar-refractivity contribution in [3.63, 3.8) is 0 Å². The zero-order valence-corrected chi connectivity index (χ0v) is 22.0. The van der Waals surface area contributed by atoms with Gasteiger partial charge in [-0.2, -0.15) is 4.31 Å². The lowest BCUT2D eigenvalue weighted by Crippen LogP contribution is -2.39. The van der Waals surface area contributed by atoms with Crippen LogP contribution < -0.4 is 10.3 Å². The molecule has 4 rings (SSSR count). The predicted molar refractivity (Wildman–Crippen MR) is 137 cm³/mol. The lowest BCUT2D eigenvalue weighted by Gasteiger charge is -2.30. The number of rotatable bonds is 10. The topological polar surface area (TPSA) is 130 Å². The van der Waals surface area contributed by atoms with Crippen LogP contribution in [0.4, 0.5) is 0 Å². The summed E-state index contributed by atoms with van der Waals surface area (Å²) in [4.78, 5) is 20.5. The second-order valence-corrected chi connectivity index (χ2v) is 11.2. The number of fused-ring (bicyclic) bond motifs is 1. The molecular weight excluding hydrogens is 482 g/mol. The Bertz CT molecular complexity index is 1370. The molecule has 0 bridgehead atoms. The van der Waals surface area contributed by atoms with E-state index in [1.807, 2.05) is 6.92 Å². The molecule has 0 aliphatic carbocycles. The Morgan fingerprint density at radius 3 is 2.61 bits per heavy atom. The summed E-state index contributed by atoms with van der Waals surface area (Å²) in [5.41, 5.74) is 1.05. The second kappa shape index (κ2) is 11.1. The lowest BCUT2D eigenvalue weighted by molar-refractivity contribution is 0.170. The average molecular weight is 518 g/mol. The van der Waals surface area contributed by atoms with E-state index in [1.165, 1.54) is 16.4 Å². The molecule has 0 unspecified atom stereocenters. The van der Waals surface area contributed by atoms with E-state index in [0.717, 1.165) is 19.3 Å². The van der Waals surface area contributed by atoms with E-state index in [2.05, 4.69) is 22.0 Å². The number of aliphatic hydroxyl groups is 1. The Kier molecular flexibility index (Phi) is 8.11. The van der Waals surface area contributed by atoms with Crippen molar-refractivity contribution in [2.45, 2.75) is 64.2 Å². The van der Waals surface area contributed by atoms with Gasteiger partial charge >= 0.3 is 0 Å². The number of hydrogen-bond donors (Lipinski definition) is 2. The molecule has 2 N–H and O–H groups in total. The van der Waals surface area contributed by atoms with Crippen molar-refractivity contribution >= 4 is 15.5 Å². The van der Waals surface area contributed by atoms with Crippen molar-refractivity contribution in [3.8, 4) is 17.1 Å². The van der Waals surface area contributed by atoms with Gasteiger partial charge in [-0.05, 0) is 57.2 Å². The van der Waals surface area contributed by atoms with Crippen LogP contribution in [-0.2, 0) is 16.4 Å². The molecule has 0 saturated carbocycles. The molecule has 0 amide bonds. The first-order valence-corrected chi connectivity index (χ1v) is 14.1. The van der Waals surface area contributed by atoms with Gasteiger partial charge in [0.15, 0.2) is 11.3 Å². The molecule has 3 aromatic rings. The van der Waals surface area contributed by atoms with Crippen LogP contribution in [0.5, 0.6) is 5.75 Å². The van der Waals surface area contributed by atoms with Crippen molar-refractivity contribution in [3.05, 3.63) is 40.1 Å². The van der Waals surface area contributed by atoms with Gasteiger partial charge < -0.3 is 14.8 Å². The fraction of sp³-hybridized carbons (Fsp3) is 0.560. The van der Waals surface area contributed by atoms with E-state index in [9.17, 15) is 18.3 Å². The van der Waals surface area contributed by atoms with Crippen LogP contribution in [0, 0.1) is 12.8 Å². The highest BCUT2D eigenvalue weighted by molar-refractivity contribution is 7.89. The number of benzene rings is 1. The first-order chi connectivity index (χ1) is 17.3. The standard InChI is InChI=1S/C25H35N5O5S/c1-4-6-7-8-22-26-17(3)23-25(32)27-24(28-30(22)23)20-15-19(9-10-21(20)35-5-2)36(33,34)29-13-11-18(16-31)12-14-29/h9-10,15,18,31H,4-8,11-14,16H2,1-3H3,(H,27,28,32). The van der Waals surface area contributed by atoms with Crippen LogP contribution in [0.3, 0.4) is 0 Å². The smallest absolute Gasteiger partial charge is 0.277 e. The van der Waals surface area contributed by atoms with Gasteiger partial charge in [0.05, 0.1) is 22.8 Å². The first-order valence-electron chi connectivity index (χ1n) is 12.7. The van der Waals surface area contributed by atoms with Crippen molar-refractivity contribution in [1.29, 1.82) is 0 Å². The molecule has 3 heterocycles. The maximum absolute atomic E-state index is 13.4. The van der Waals surface area contributed by atoms with Crippen LogP contribution in [0.25, 0.3) is 16.9 Å². The van der Waals surface area contributed by atoms with E-state index < -0.39 is 10.0 Å². The zero-order chi connectivity index (χ0) is 25.9. The molecule has 10 nitrogen and oxygen atoms in total. The molecule has 196 valence electrons. The van der Waals surface area contributed by atoms with Crippen LogP contribution in [0.15, 0.2) is 27.9 Å². The van der Waals surface area contributed by atoms with Crippen LogP contribution in [-0.4, -0.2) is 63.7 Å². The molecule has 1 fully saturated rings. The van der Waals surface area contributed by atoms with Gasteiger partial charge in [-0.25, -0.2) is 17.9 Å². The average Bonchev–Trinajstić information content (AvgIpc) is 3.20. The Balaban J connectivity index is 1.78. The van der Waals surface area contributed by atoms with Gasteiger partial charge in [0.2, 0.25) is 10.0 Å². The summed E-state index contributed by atoms with van der Waals surface area (Å²) in [6.07, 6.45) is 4.98. The van der Waals surface area contributed by atoms with Gasteiger partial charge in [-0.1, -0.05) is 19.8 Å². The molecule has 1 saturated heterocycles. The van der Waals surface area contributed by atoms with Gasteiger partial charge in [0, 0.05) is 26.1 Å². The highest BCUT2D eigenvalue weighted by Crippen LogP contribution is 2.32. The Labute approximate surface area is 211 Å². The summed E-state index contributed by atoms with van der Waals surface area (Å²) in [5.74, 6) is 1.48. The van der Waals surface area contributed by atoms with Gasteiger partial charge in [-0.3, -0.25) is 4.79 Å². The van der Waals surface area contributed by atoms with E-state index in [1.54, 1.807) is 17.5 Å². The second-order valence-electron chi connectivity index (χ2n) is 9.25. The minimum absolute atomic E-state index is 0.0662. The fourth-order valence-electron chi connectivity index (χ4n) is 4.67. The Morgan fingerprint density at radius 2 is 1.94 bits per heavy atom. The number of imidazole rings is 1. The first kappa shape index (κ1) is 26.3. The van der Waals surface area contributed by atoms with Crippen LogP contribution >= 0.6 is 0 Å². The minimum Gasteiger partial charge on any atom is -0.493 e. The maximum atomic E-state index is 13.4. The molecular formula is C25H35N5O5S. The number of H-pyrrole nitrogens is 1.